The molecule has 24 heavy (non-hydrogen) atoms. The zero-order valence-corrected chi connectivity index (χ0v) is 12.7. The maximum Gasteiger partial charge on any atom is 0.305 e. The van der Waals surface area contributed by atoms with Gasteiger partial charge in [-0.1, -0.05) is 30.3 Å². The quantitative estimate of drug-likeness (QED) is 0.512. The second-order valence-corrected chi connectivity index (χ2v) is 4.88. The molecular weight excluding hydrogens is 308 g/mol. The maximum absolute atomic E-state index is 11.8. The summed E-state index contributed by atoms with van der Waals surface area (Å²) in [6.07, 6.45) is 2.77. The summed E-state index contributed by atoms with van der Waals surface area (Å²) >= 11 is 0. The Kier molecular flexibility index (Phi) is 4.57. The molecule has 0 saturated heterocycles. The van der Waals surface area contributed by atoms with E-state index in [4.69, 9.17) is 10.2 Å². The minimum absolute atomic E-state index is 0.178. The molecule has 8 heteroatoms. The Morgan fingerprint density at radius 1 is 1.08 bits per heavy atom. The zero-order valence-electron chi connectivity index (χ0n) is 12.7. The van der Waals surface area contributed by atoms with E-state index in [9.17, 15) is 4.79 Å². The Morgan fingerprint density at radius 3 is 2.62 bits per heavy atom. The van der Waals surface area contributed by atoms with Gasteiger partial charge in [-0.05, 0) is 17.7 Å². The number of aromatic nitrogens is 2. The van der Waals surface area contributed by atoms with Crippen LogP contribution in [0.3, 0.4) is 0 Å². The molecule has 0 radical (unpaired) electrons. The van der Waals surface area contributed by atoms with E-state index < -0.39 is 5.91 Å². The van der Waals surface area contributed by atoms with E-state index in [1.54, 1.807) is 12.1 Å². The number of nitrogens with two attached hydrogens (primary N) is 1. The van der Waals surface area contributed by atoms with Crippen molar-refractivity contribution in [3.8, 4) is 0 Å². The Labute approximate surface area is 138 Å². The average molecular weight is 324 g/mol. The summed E-state index contributed by atoms with van der Waals surface area (Å²) in [5.41, 5.74) is 12.5. The van der Waals surface area contributed by atoms with E-state index in [2.05, 4.69) is 26.1 Å². The van der Waals surface area contributed by atoms with Crippen molar-refractivity contribution < 1.29 is 9.21 Å². The van der Waals surface area contributed by atoms with E-state index in [1.807, 2.05) is 30.3 Å². The molecule has 0 bridgehead atoms. The topological polar surface area (TPSA) is 118 Å². The molecule has 0 atom stereocenters. The SMILES string of the molecule is Nc1c(NCc2ccccc2)ncnc1NNC(=O)c1ccco1. The number of carbonyl (C=O) groups excluding carboxylic acids is 1. The summed E-state index contributed by atoms with van der Waals surface area (Å²) in [6, 6.07) is 13.0. The van der Waals surface area contributed by atoms with Gasteiger partial charge in [-0.2, -0.15) is 0 Å². The second kappa shape index (κ2) is 7.14. The fourth-order valence-electron chi connectivity index (χ4n) is 2.00. The molecule has 2 heterocycles. The molecule has 0 saturated carbocycles. The van der Waals surface area contributed by atoms with Gasteiger partial charge >= 0.3 is 5.91 Å². The summed E-state index contributed by atoms with van der Waals surface area (Å²) < 4.78 is 5.00. The number of nitrogens with zero attached hydrogens (tertiary/aromatic N) is 2. The molecule has 1 aromatic carbocycles. The third-order valence-electron chi connectivity index (χ3n) is 3.23. The summed E-state index contributed by atoms with van der Waals surface area (Å²) in [6.45, 7) is 0.570. The Bertz CT molecular complexity index is 805. The summed E-state index contributed by atoms with van der Waals surface area (Å²) in [4.78, 5) is 19.9. The van der Waals surface area contributed by atoms with Crippen LogP contribution in [0, 0.1) is 0 Å². The first-order chi connectivity index (χ1) is 11.7. The molecule has 122 valence electrons. The molecule has 0 aliphatic heterocycles. The Morgan fingerprint density at radius 2 is 1.88 bits per heavy atom. The van der Waals surface area contributed by atoms with E-state index in [1.165, 1.54) is 12.6 Å². The number of carbonyl (C=O) groups is 1. The van der Waals surface area contributed by atoms with Gasteiger partial charge < -0.3 is 15.5 Å². The largest absolute Gasteiger partial charge is 0.459 e. The van der Waals surface area contributed by atoms with Crippen molar-refractivity contribution in [2.24, 2.45) is 0 Å². The lowest BCUT2D eigenvalue weighted by Crippen LogP contribution is -2.30. The lowest BCUT2D eigenvalue weighted by molar-refractivity contribution is 0.0935. The van der Waals surface area contributed by atoms with Crippen molar-refractivity contribution in [3.63, 3.8) is 0 Å². The number of amides is 1. The monoisotopic (exact) mass is 324 g/mol. The molecule has 0 spiro atoms. The molecular formula is C16H16N6O2. The van der Waals surface area contributed by atoms with Crippen molar-refractivity contribution in [1.82, 2.24) is 15.4 Å². The molecule has 3 rings (SSSR count). The number of hydrogen-bond acceptors (Lipinski definition) is 7. The predicted molar refractivity (Wildman–Crippen MR) is 90.0 cm³/mol. The highest BCUT2D eigenvalue weighted by Gasteiger charge is 2.11. The van der Waals surface area contributed by atoms with Gasteiger partial charge in [0.1, 0.15) is 12.0 Å². The Balaban J connectivity index is 1.63. The maximum atomic E-state index is 11.8. The van der Waals surface area contributed by atoms with Crippen LogP contribution in [0.25, 0.3) is 0 Å². The summed E-state index contributed by atoms with van der Waals surface area (Å²) in [5, 5.41) is 3.14. The van der Waals surface area contributed by atoms with Crippen LogP contribution in [0.4, 0.5) is 17.3 Å². The molecule has 0 fully saturated rings. The Hall–Kier alpha value is -3.55. The molecule has 5 N–H and O–H groups in total. The van der Waals surface area contributed by atoms with E-state index in [0.29, 0.717) is 23.9 Å². The minimum atomic E-state index is -0.434. The number of furan rings is 1. The molecule has 3 aromatic rings. The lowest BCUT2D eigenvalue weighted by Gasteiger charge is -2.12. The fraction of sp³-hybridized carbons (Fsp3) is 0.0625. The molecule has 0 aliphatic carbocycles. The van der Waals surface area contributed by atoms with Crippen LogP contribution in [-0.4, -0.2) is 15.9 Å². The number of anilines is 3. The van der Waals surface area contributed by atoms with Gasteiger partial charge in [0.2, 0.25) is 0 Å². The minimum Gasteiger partial charge on any atom is -0.459 e. The predicted octanol–water partition coefficient (Wildman–Crippen LogP) is 2.02. The van der Waals surface area contributed by atoms with Gasteiger partial charge in [-0.25, -0.2) is 9.97 Å². The number of nitrogen functional groups attached to an aromatic ring is 1. The standard InChI is InChI=1S/C16H16N6O2/c17-13-14(18-9-11-5-2-1-3-6-11)19-10-20-15(13)21-22-16(23)12-7-4-8-24-12/h1-8,10H,9,17H2,(H,22,23)(H2,18,19,20,21). The van der Waals surface area contributed by atoms with Crippen molar-refractivity contribution >= 4 is 23.2 Å². The molecule has 0 unspecified atom stereocenters. The highest BCUT2D eigenvalue weighted by Crippen LogP contribution is 2.22. The number of nitrogens with one attached hydrogen (secondary N) is 3. The number of hydrazine groups is 1. The third kappa shape index (κ3) is 3.61. The molecule has 1 amide bonds. The first kappa shape index (κ1) is 15.3. The highest BCUT2D eigenvalue weighted by molar-refractivity contribution is 5.92. The van der Waals surface area contributed by atoms with Crippen molar-refractivity contribution in [1.29, 1.82) is 0 Å². The van der Waals surface area contributed by atoms with Crippen LogP contribution in [-0.2, 0) is 6.54 Å². The van der Waals surface area contributed by atoms with Gasteiger partial charge in [0.05, 0.1) is 6.26 Å². The number of rotatable bonds is 6. The van der Waals surface area contributed by atoms with E-state index >= 15 is 0 Å². The van der Waals surface area contributed by atoms with Crippen molar-refractivity contribution in [2.45, 2.75) is 6.54 Å². The van der Waals surface area contributed by atoms with Crippen LogP contribution >= 0.6 is 0 Å². The van der Waals surface area contributed by atoms with E-state index in [-0.39, 0.29) is 5.76 Å². The average Bonchev–Trinajstić information content (AvgIpc) is 3.15. The van der Waals surface area contributed by atoms with E-state index in [0.717, 1.165) is 5.56 Å². The number of hydrogen-bond donors (Lipinski definition) is 4. The summed E-state index contributed by atoms with van der Waals surface area (Å²) in [7, 11) is 0. The van der Waals surface area contributed by atoms with Crippen LogP contribution in [0.15, 0.2) is 59.5 Å². The smallest absolute Gasteiger partial charge is 0.305 e. The molecule has 0 aliphatic rings. The zero-order chi connectivity index (χ0) is 16.8. The van der Waals surface area contributed by atoms with Crippen LogP contribution in [0.1, 0.15) is 16.1 Å². The van der Waals surface area contributed by atoms with Gasteiger partial charge in [0.15, 0.2) is 17.4 Å². The molecule has 2 aromatic heterocycles. The van der Waals surface area contributed by atoms with Crippen molar-refractivity contribution in [3.05, 3.63) is 66.4 Å². The molecule has 8 nitrogen and oxygen atoms in total. The van der Waals surface area contributed by atoms with Gasteiger partial charge in [-0.3, -0.25) is 15.6 Å². The van der Waals surface area contributed by atoms with Crippen LogP contribution < -0.4 is 21.9 Å². The van der Waals surface area contributed by atoms with Gasteiger partial charge in [-0.15, -0.1) is 0 Å². The van der Waals surface area contributed by atoms with Crippen LogP contribution in [0.2, 0.25) is 0 Å². The second-order valence-electron chi connectivity index (χ2n) is 4.88. The third-order valence-corrected chi connectivity index (χ3v) is 3.23. The lowest BCUT2D eigenvalue weighted by atomic mass is 10.2. The first-order valence-electron chi connectivity index (χ1n) is 7.22. The van der Waals surface area contributed by atoms with Gasteiger partial charge in [0.25, 0.3) is 0 Å². The number of benzene rings is 1. The van der Waals surface area contributed by atoms with Gasteiger partial charge in [0, 0.05) is 6.54 Å². The first-order valence-corrected chi connectivity index (χ1v) is 7.22. The van der Waals surface area contributed by atoms with Crippen LogP contribution in [0.5, 0.6) is 0 Å². The normalized spacial score (nSPS) is 10.2. The van der Waals surface area contributed by atoms with Crippen molar-refractivity contribution in [2.75, 3.05) is 16.5 Å². The summed E-state index contributed by atoms with van der Waals surface area (Å²) in [5.74, 6) is 0.512. The fourth-order valence-corrected chi connectivity index (χ4v) is 2.00. The highest BCUT2D eigenvalue weighted by atomic mass is 16.3.